The molecule has 0 heterocycles. The van der Waals surface area contributed by atoms with Crippen LogP contribution >= 0.6 is 0 Å². The van der Waals surface area contributed by atoms with Crippen molar-refractivity contribution in [2.45, 2.75) is 6.04 Å². The van der Waals surface area contributed by atoms with E-state index in [0.717, 1.165) is 0 Å². The number of hydrogen-bond donors (Lipinski definition) is 1. The Bertz CT molecular complexity index is 303. The number of nitrogens with two attached hydrogens (primary N) is 1. The lowest BCUT2D eigenvalue weighted by Crippen LogP contribution is -2.28. The van der Waals surface area contributed by atoms with Gasteiger partial charge in [0.05, 0.1) is 10.9 Å². The molecule has 0 aromatic heterocycles. The van der Waals surface area contributed by atoms with Gasteiger partial charge in [0.1, 0.15) is 0 Å². The van der Waals surface area contributed by atoms with Crippen LogP contribution < -0.4 is 5.73 Å². The summed E-state index contributed by atoms with van der Waals surface area (Å²) in [6.07, 6.45) is 6.49. The van der Waals surface area contributed by atoms with E-state index in [1.54, 1.807) is 18.2 Å². The smallest absolute Gasteiger partial charge is 0.219 e. The second-order valence-corrected chi connectivity index (χ2v) is 2.85. The molecule has 3 nitrogen and oxygen atoms in total. The Labute approximate surface area is 60.4 Å². The van der Waals surface area contributed by atoms with E-state index in [0.29, 0.717) is 0 Å². The minimum absolute atomic E-state index is 0.238. The molecule has 0 saturated heterocycles. The third-order valence-electron chi connectivity index (χ3n) is 1.21. The van der Waals surface area contributed by atoms with Crippen molar-refractivity contribution in [1.82, 2.24) is 0 Å². The van der Waals surface area contributed by atoms with E-state index in [-0.39, 0.29) is 4.86 Å². The maximum absolute atomic E-state index is 10.4. The van der Waals surface area contributed by atoms with Crippen LogP contribution in [0, 0.1) is 0 Å². The Balaban J connectivity index is 3.15. The monoisotopic (exact) mass is 157 g/mol. The summed E-state index contributed by atoms with van der Waals surface area (Å²) in [5, 5.41) is 0. The van der Waals surface area contributed by atoms with E-state index in [1.807, 2.05) is 0 Å². The predicted molar refractivity (Wildman–Crippen MR) is 40.2 cm³/mol. The molecule has 0 amide bonds. The third-order valence-corrected chi connectivity index (χ3v) is 2.00. The van der Waals surface area contributed by atoms with Crippen molar-refractivity contribution in [1.29, 1.82) is 0 Å². The van der Waals surface area contributed by atoms with Gasteiger partial charge in [-0.1, -0.05) is 18.2 Å². The van der Waals surface area contributed by atoms with Gasteiger partial charge in [-0.05, 0) is 6.08 Å². The Morgan fingerprint density at radius 1 is 1.40 bits per heavy atom. The summed E-state index contributed by atoms with van der Waals surface area (Å²) in [5.41, 5.74) is 5.41. The first-order valence-electron chi connectivity index (χ1n) is 2.78. The Morgan fingerprint density at radius 2 is 2.10 bits per heavy atom. The van der Waals surface area contributed by atoms with Gasteiger partial charge in [-0.3, -0.25) is 0 Å². The lowest BCUT2D eigenvalue weighted by atomic mass is 10.1. The highest BCUT2D eigenvalue weighted by Crippen LogP contribution is 1.95. The minimum atomic E-state index is -2.18. The topological polar surface area (TPSA) is 60.2 Å². The van der Waals surface area contributed by atoms with E-state index in [4.69, 9.17) is 5.73 Å². The van der Waals surface area contributed by atoms with Crippen LogP contribution in [0.4, 0.5) is 0 Å². The Kier molecular flexibility index (Phi) is 2.03. The van der Waals surface area contributed by atoms with Crippen LogP contribution in [0.1, 0.15) is 0 Å². The zero-order valence-electron chi connectivity index (χ0n) is 5.19. The van der Waals surface area contributed by atoms with E-state index in [2.05, 4.69) is 0 Å². The van der Waals surface area contributed by atoms with Crippen molar-refractivity contribution in [2.75, 3.05) is 0 Å². The van der Waals surface area contributed by atoms with E-state index >= 15 is 0 Å². The van der Waals surface area contributed by atoms with Gasteiger partial charge in [0.2, 0.25) is 10.3 Å². The summed E-state index contributed by atoms with van der Waals surface area (Å²) >= 11 is 0. The lowest BCUT2D eigenvalue weighted by molar-refractivity contribution is 0.626. The van der Waals surface area contributed by atoms with Crippen molar-refractivity contribution in [3.8, 4) is 0 Å². The summed E-state index contributed by atoms with van der Waals surface area (Å²) in [7, 11) is -2.18. The molecule has 1 unspecified atom stereocenters. The van der Waals surface area contributed by atoms with Gasteiger partial charge in [-0.25, -0.2) is 0 Å². The zero-order chi connectivity index (χ0) is 7.56. The molecule has 10 heavy (non-hydrogen) atoms. The van der Waals surface area contributed by atoms with Crippen molar-refractivity contribution < 1.29 is 8.42 Å². The fourth-order valence-electron chi connectivity index (χ4n) is 0.707. The molecule has 4 heteroatoms. The normalized spacial score (nSPS) is 23.3. The molecule has 0 radical (unpaired) electrons. The van der Waals surface area contributed by atoms with Crippen molar-refractivity contribution in [2.24, 2.45) is 5.73 Å². The summed E-state index contributed by atoms with van der Waals surface area (Å²) in [6, 6.07) is -0.469. The Morgan fingerprint density at radius 3 is 2.50 bits per heavy atom. The number of allylic oxidation sites excluding steroid dienone is 2. The van der Waals surface area contributed by atoms with E-state index in [1.165, 1.54) is 6.08 Å². The van der Waals surface area contributed by atoms with Crippen LogP contribution in [-0.4, -0.2) is 19.3 Å². The SMILES string of the molecule is NC1C=CC=CC1=S(=O)=O. The van der Waals surface area contributed by atoms with Gasteiger partial charge < -0.3 is 5.73 Å². The van der Waals surface area contributed by atoms with Gasteiger partial charge in [0.15, 0.2) is 0 Å². The summed E-state index contributed by atoms with van der Waals surface area (Å²) in [4.78, 5) is 0.238. The average Bonchev–Trinajstić information content (AvgIpc) is 1.88. The second kappa shape index (κ2) is 2.81. The number of rotatable bonds is 0. The fourth-order valence-corrected chi connectivity index (χ4v) is 1.20. The van der Waals surface area contributed by atoms with Crippen LogP contribution in [-0.2, 0) is 10.3 Å². The molecule has 1 aliphatic carbocycles. The largest absolute Gasteiger partial charge is 0.320 e. The molecule has 1 atom stereocenters. The molecule has 1 rings (SSSR count). The molecule has 0 aromatic rings. The molecule has 0 spiro atoms. The van der Waals surface area contributed by atoms with Crippen LogP contribution in [0.15, 0.2) is 24.3 Å². The molecule has 0 aromatic carbocycles. The van der Waals surface area contributed by atoms with Crippen LogP contribution in [0.25, 0.3) is 0 Å². The molecule has 1 aliphatic rings. The highest BCUT2D eigenvalue weighted by Gasteiger charge is 2.07. The van der Waals surface area contributed by atoms with Gasteiger partial charge in [0, 0.05) is 0 Å². The van der Waals surface area contributed by atoms with Gasteiger partial charge in [-0.15, -0.1) is 0 Å². The van der Waals surface area contributed by atoms with E-state index in [9.17, 15) is 8.42 Å². The molecule has 2 N–H and O–H groups in total. The van der Waals surface area contributed by atoms with Gasteiger partial charge in [0.25, 0.3) is 0 Å². The summed E-state index contributed by atoms with van der Waals surface area (Å²) < 4.78 is 20.7. The average molecular weight is 157 g/mol. The standard InChI is InChI=1S/C6H7NO2S/c7-5-3-1-2-4-6(5)10(8)9/h1-5H,7H2. The summed E-state index contributed by atoms with van der Waals surface area (Å²) in [5.74, 6) is 0. The number of hydrogen-bond acceptors (Lipinski definition) is 3. The Hall–Kier alpha value is -0.870. The zero-order valence-corrected chi connectivity index (χ0v) is 6.01. The molecule has 0 bridgehead atoms. The van der Waals surface area contributed by atoms with Gasteiger partial charge >= 0.3 is 0 Å². The van der Waals surface area contributed by atoms with Crippen LogP contribution in [0.5, 0.6) is 0 Å². The van der Waals surface area contributed by atoms with Gasteiger partial charge in [-0.2, -0.15) is 8.42 Å². The molecule has 0 fully saturated rings. The second-order valence-electron chi connectivity index (χ2n) is 1.91. The minimum Gasteiger partial charge on any atom is -0.320 e. The first kappa shape index (κ1) is 7.24. The van der Waals surface area contributed by atoms with Crippen molar-refractivity contribution >= 4 is 15.2 Å². The van der Waals surface area contributed by atoms with E-state index < -0.39 is 16.3 Å². The lowest BCUT2D eigenvalue weighted by Gasteiger charge is -2.04. The predicted octanol–water partition coefficient (Wildman–Crippen LogP) is -0.509. The maximum Gasteiger partial charge on any atom is 0.219 e. The van der Waals surface area contributed by atoms with Crippen molar-refractivity contribution in [3.63, 3.8) is 0 Å². The first-order valence-corrected chi connectivity index (χ1v) is 3.86. The molecular weight excluding hydrogens is 150 g/mol. The van der Waals surface area contributed by atoms with Crippen LogP contribution in [0.3, 0.4) is 0 Å². The third kappa shape index (κ3) is 1.34. The van der Waals surface area contributed by atoms with Crippen molar-refractivity contribution in [3.05, 3.63) is 24.3 Å². The highest BCUT2D eigenvalue weighted by atomic mass is 32.2. The molecule has 0 aliphatic heterocycles. The first-order chi connectivity index (χ1) is 4.72. The molecule has 54 valence electrons. The highest BCUT2D eigenvalue weighted by molar-refractivity contribution is 7.73. The fraction of sp³-hybridized carbons (Fsp3) is 0.167. The summed E-state index contributed by atoms with van der Waals surface area (Å²) in [6.45, 7) is 0. The van der Waals surface area contributed by atoms with Crippen LogP contribution in [0.2, 0.25) is 0 Å². The maximum atomic E-state index is 10.4. The molecular formula is C6H7NO2S. The quantitative estimate of drug-likeness (QED) is 0.482. The molecule has 0 saturated carbocycles.